The van der Waals surface area contributed by atoms with Crippen LogP contribution in [-0.2, 0) is 14.6 Å². The van der Waals surface area contributed by atoms with E-state index in [2.05, 4.69) is 5.32 Å². The van der Waals surface area contributed by atoms with Crippen LogP contribution in [-0.4, -0.2) is 36.9 Å². The molecule has 19 heavy (non-hydrogen) atoms. The van der Waals surface area contributed by atoms with E-state index >= 15 is 0 Å². The lowest BCUT2D eigenvalue weighted by Crippen LogP contribution is -2.32. The Morgan fingerprint density at radius 2 is 1.95 bits per heavy atom. The van der Waals surface area contributed by atoms with E-state index in [9.17, 15) is 18.0 Å². The van der Waals surface area contributed by atoms with Crippen LogP contribution in [0.15, 0.2) is 18.2 Å². The standard InChI is InChI=1S/C11H12ClNO5S/c1-6(19(2,17)18)10(14)13-9-4-3-7(12)5-8(9)11(15)16/h3-6H,1-2H3,(H,13,14)(H,15,16). The average molecular weight is 306 g/mol. The van der Waals surface area contributed by atoms with Gasteiger partial charge < -0.3 is 10.4 Å². The number of carboxylic acid groups (broad SMARTS) is 1. The fourth-order valence-corrected chi connectivity index (χ4v) is 1.85. The predicted octanol–water partition coefficient (Wildman–Crippen LogP) is 1.41. The van der Waals surface area contributed by atoms with Crippen molar-refractivity contribution in [3.8, 4) is 0 Å². The molecule has 0 aliphatic heterocycles. The zero-order valence-electron chi connectivity index (χ0n) is 10.2. The highest BCUT2D eigenvalue weighted by Gasteiger charge is 2.24. The van der Waals surface area contributed by atoms with E-state index in [0.29, 0.717) is 0 Å². The summed E-state index contributed by atoms with van der Waals surface area (Å²) in [7, 11) is -3.55. The highest BCUT2D eigenvalue weighted by Crippen LogP contribution is 2.21. The van der Waals surface area contributed by atoms with Crippen molar-refractivity contribution in [1.82, 2.24) is 0 Å². The number of carbonyl (C=O) groups is 2. The number of aromatic carboxylic acids is 1. The lowest BCUT2D eigenvalue weighted by atomic mass is 10.1. The lowest BCUT2D eigenvalue weighted by Gasteiger charge is -2.12. The summed E-state index contributed by atoms with van der Waals surface area (Å²) in [5.74, 6) is -2.07. The molecule has 1 atom stereocenters. The van der Waals surface area contributed by atoms with Gasteiger partial charge in [-0.2, -0.15) is 0 Å². The molecule has 1 aromatic carbocycles. The largest absolute Gasteiger partial charge is 0.478 e. The van der Waals surface area contributed by atoms with Crippen molar-refractivity contribution in [3.05, 3.63) is 28.8 Å². The first-order valence-electron chi connectivity index (χ1n) is 5.15. The zero-order chi connectivity index (χ0) is 14.8. The molecule has 104 valence electrons. The van der Waals surface area contributed by atoms with Gasteiger partial charge in [-0.3, -0.25) is 4.79 Å². The van der Waals surface area contributed by atoms with Crippen LogP contribution >= 0.6 is 11.6 Å². The molecular weight excluding hydrogens is 294 g/mol. The van der Waals surface area contributed by atoms with Gasteiger partial charge in [-0.05, 0) is 25.1 Å². The monoisotopic (exact) mass is 305 g/mol. The minimum atomic E-state index is -3.55. The van der Waals surface area contributed by atoms with Gasteiger partial charge in [0.25, 0.3) is 0 Å². The second-order valence-corrected chi connectivity index (χ2v) is 6.76. The third-order valence-electron chi connectivity index (χ3n) is 2.48. The van der Waals surface area contributed by atoms with E-state index in [-0.39, 0.29) is 16.3 Å². The molecular formula is C11H12ClNO5S. The first-order valence-corrected chi connectivity index (χ1v) is 7.48. The Morgan fingerprint density at radius 1 is 1.37 bits per heavy atom. The number of anilines is 1. The Labute approximate surface area is 115 Å². The molecule has 0 aliphatic carbocycles. The van der Waals surface area contributed by atoms with E-state index < -0.39 is 27.0 Å². The normalized spacial score (nSPS) is 12.8. The molecule has 0 radical (unpaired) electrons. The number of hydrogen-bond acceptors (Lipinski definition) is 4. The number of amides is 1. The van der Waals surface area contributed by atoms with E-state index in [4.69, 9.17) is 16.7 Å². The molecule has 0 saturated heterocycles. The molecule has 0 aromatic heterocycles. The fourth-order valence-electron chi connectivity index (χ4n) is 1.23. The summed E-state index contributed by atoms with van der Waals surface area (Å²) in [6.45, 7) is 1.22. The number of hydrogen-bond donors (Lipinski definition) is 2. The van der Waals surface area contributed by atoms with Gasteiger partial charge in [-0.15, -0.1) is 0 Å². The van der Waals surface area contributed by atoms with Crippen LogP contribution in [0.3, 0.4) is 0 Å². The summed E-state index contributed by atoms with van der Waals surface area (Å²) in [6.07, 6.45) is 0.928. The van der Waals surface area contributed by atoms with Crippen molar-refractivity contribution in [2.45, 2.75) is 12.2 Å². The number of sulfone groups is 1. The van der Waals surface area contributed by atoms with Gasteiger partial charge in [0.05, 0.1) is 11.3 Å². The molecule has 8 heteroatoms. The summed E-state index contributed by atoms with van der Waals surface area (Å²) in [5.41, 5.74) is -0.209. The van der Waals surface area contributed by atoms with Crippen LogP contribution in [0, 0.1) is 0 Å². The first kappa shape index (κ1) is 15.5. The molecule has 0 heterocycles. The van der Waals surface area contributed by atoms with Crippen LogP contribution in [0.25, 0.3) is 0 Å². The summed E-state index contributed by atoms with van der Waals surface area (Å²) < 4.78 is 22.5. The third kappa shape index (κ3) is 3.93. The number of halogens is 1. The van der Waals surface area contributed by atoms with Crippen LogP contribution in [0.5, 0.6) is 0 Å². The number of benzene rings is 1. The third-order valence-corrected chi connectivity index (χ3v) is 4.21. The Kier molecular flexibility index (Phi) is 4.54. The highest BCUT2D eigenvalue weighted by atomic mass is 35.5. The fraction of sp³-hybridized carbons (Fsp3) is 0.273. The van der Waals surface area contributed by atoms with Gasteiger partial charge in [0, 0.05) is 11.3 Å². The summed E-state index contributed by atoms with van der Waals surface area (Å²) >= 11 is 5.66. The van der Waals surface area contributed by atoms with Gasteiger partial charge in [-0.25, -0.2) is 13.2 Å². The Hall–Kier alpha value is -1.60. The molecule has 0 aliphatic rings. The van der Waals surface area contributed by atoms with E-state index in [1.807, 2.05) is 0 Å². The highest BCUT2D eigenvalue weighted by molar-refractivity contribution is 7.92. The van der Waals surface area contributed by atoms with Crippen LogP contribution < -0.4 is 5.32 Å². The molecule has 0 saturated carbocycles. The molecule has 1 aromatic rings. The van der Waals surface area contributed by atoms with Crippen molar-refractivity contribution < 1.29 is 23.1 Å². The molecule has 0 fully saturated rings. The zero-order valence-corrected chi connectivity index (χ0v) is 11.7. The summed E-state index contributed by atoms with van der Waals surface area (Å²) in [4.78, 5) is 22.7. The maximum Gasteiger partial charge on any atom is 0.337 e. The topological polar surface area (TPSA) is 101 Å². The van der Waals surface area contributed by atoms with Crippen molar-refractivity contribution >= 4 is 39.0 Å². The van der Waals surface area contributed by atoms with E-state index in [1.165, 1.54) is 25.1 Å². The number of nitrogens with one attached hydrogen (secondary N) is 1. The minimum Gasteiger partial charge on any atom is -0.478 e. The smallest absolute Gasteiger partial charge is 0.337 e. The van der Waals surface area contributed by atoms with Gasteiger partial charge >= 0.3 is 5.97 Å². The molecule has 6 nitrogen and oxygen atoms in total. The quantitative estimate of drug-likeness (QED) is 0.876. The molecule has 0 spiro atoms. The maximum absolute atomic E-state index is 11.7. The predicted molar refractivity (Wildman–Crippen MR) is 71.3 cm³/mol. The van der Waals surface area contributed by atoms with Crippen molar-refractivity contribution in [1.29, 1.82) is 0 Å². The van der Waals surface area contributed by atoms with Gasteiger partial charge in [0.1, 0.15) is 5.25 Å². The molecule has 1 rings (SSSR count). The molecule has 0 bridgehead atoms. The first-order chi connectivity index (χ1) is 8.62. The number of carbonyl (C=O) groups excluding carboxylic acids is 1. The number of carboxylic acids is 1. The van der Waals surface area contributed by atoms with Gasteiger partial charge in [-0.1, -0.05) is 11.6 Å². The molecule has 2 N–H and O–H groups in total. The van der Waals surface area contributed by atoms with Gasteiger partial charge in [0.2, 0.25) is 5.91 Å². The van der Waals surface area contributed by atoms with Crippen molar-refractivity contribution in [2.75, 3.05) is 11.6 Å². The van der Waals surface area contributed by atoms with Crippen LogP contribution in [0.2, 0.25) is 5.02 Å². The SMILES string of the molecule is CC(C(=O)Nc1ccc(Cl)cc1C(=O)O)S(C)(=O)=O. The van der Waals surface area contributed by atoms with Crippen LogP contribution in [0.4, 0.5) is 5.69 Å². The van der Waals surface area contributed by atoms with Crippen LogP contribution in [0.1, 0.15) is 17.3 Å². The summed E-state index contributed by atoms with van der Waals surface area (Å²) in [5, 5.41) is 10.2. The second-order valence-electron chi connectivity index (χ2n) is 3.96. The van der Waals surface area contributed by atoms with E-state index in [0.717, 1.165) is 6.26 Å². The minimum absolute atomic E-state index is 0.00241. The molecule has 1 amide bonds. The van der Waals surface area contributed by atoms with Crippen molar-refractivity contribution in [3.63, 3.8) is 0 Å². The molecule has 1 unspecified atom stereocenters. The number of rotatable bonds is 4. The average Bonchev–Trinajstić information content (AvgIpc) is 2.28. The Bertz CT molecular complexity index is 626. The Morgan fingerprint density at radius 3 is 2.42 bits per heavy atom. The van der Waals surface area contributed by atoms with Crippen molar-refractivity contribution in [2.24, 2.45) is 0 Å². The van der Waals surface area contributed by atoms with E-state index in [1.54, 1.807) is 0 Å². The lowest BCUT2D eigenvalue weighted by molar-refractivity contribution is -0.115. The maximum atomic E-state index is 11.7. The second kappa shape index (κ2) is 5.58. The Balaban J connectivity index is 3.07. The summed E-state index contributed by atoms with van der Waals surface area (Å²) in [6, 6.07) is 3.87. The van der Waals surface area contributed by atoms with Gasteiger partial charge in [0.15, 0.2) is 9.84 Å².